The minimum Gasteiger partial charge on any atom is -0.279 e. The summed E-state index contributed by atoms with van der Waals surface area (Å²) in [5.74, 6) is 0. The average molecular weight is 323 g/mol. The third-order valence-corrected chi connectivity index (χ3v) is 4.55. The number of allylic oxidation sites excluding steroid dienone is 2. The van der Waals surface area contributed by atoms with Crippen LogP contribution in [0, 0.1) is 22.7 Å². The molecule has 0 radical (unpaired) electrons. The first-order chi connectivity index (χ1) is 9.82. The van der Waals surface area contributed by atoms with Crippen molar-refractivity contribution in [3.63, 3.8) is 0 Å². The van der Waals surface area contributed by atoms with Crippen LogP contribution < -0.4 is 4.72 Å². The van der Waals surface area contributed by atoms with Crippen LogP contribution in [0.5, 0.6) is 0 Å². The fourth-order valence-electron chi connectivity index (χ4n) is 1.30. The van der Waals surface area contributed by atoms with Crippen LogP contribution in [0.15, 0.2) is 52.1 Å². The van der Waals surface area contributed by atoms with Crippen LogP contribution >= 0.6 is 0 Å². The van der Waals surface area contributed by atoms with Crippen LogP contribution in [0.25, 0.3) is 0 Å². The van der Waals surface area contributed by atoms with Gasteiger partial charge in [-0.3, -0.25) is 4.72 Å². The summed E-state index contributed by atoms with van der Waals surface area (Å²) in [6, 6.07) is 8.37. The predicted octanol–water partition coefficient (Wildman–Crippen LogP) is 1.28. The number of nitriles is 2. The van der Waals surface area contributed by atoms with Crippen molar-refractivity contribution in [3.05, 3.63) is 47.2 Å². The summed E-state index contributed by atoms with van der Waals surface area (Å²) >= 11 is 0. The van der Waals surface area contributed by atoms with Crippen molar-refractivity contribution in [2.45, 2.75) is 4.90 Å². The minimum absolute atomic E-state index is 0.178. The highest BCUT2D eigenvalue weighted by molar-refractivity contribution is 7.96. The molecular formula is C12H9N3O4S2. The summed E-state index contributed by atoms with van der Waals surface area (Å²) in [5.41, 5.74) is -0.178. The van der Waals surface area contributed by atoms with E-state index in [1.165, 1.54) is 30.3 Å². The Labute approximate surface area is 122 Å². The van der Waals surface area contributed by atoms with Crippen molar-refractivity contribution in [2.75, 3.05) is 4.72 Å². The molecule has 0 bridgehead atoms. The van der Waals surface area contributed by atoms with Crippen LogP contribution in [-0.2, 0) is 19.9 Å². The van der Waals surface area contributed by atoms with E-state index in [0.717, 1.165) is 12.2 Å². The van der Waals surface area contributed by atoms with E-state index in [-0.39, 0.29) is 10.6 Å². The van der Waals surface area contributed by atoms with Crippen LogP contribution in [0.1, 0.15) is 0 Å². The van der Waals surface area contributed by atoms with Gasteiger partial charge in [-0.2, -0.15) is 10.5 Å². The standard InChI is InChI=1S/C12H9N3O4S2/c13-7-3-9-20(16,17)12-6-2-1-5-11(12)15-21(18,19)10-4-8-14/h1-6,9-10,15H/b9-3+,10-4+. The Hall–Kier alpha value is -2.62. The highest BCUT2D eigenvalue weighted by Crippen LogP contribution is 2.24. The number of hydrogen-bond acceptors (Lipinski definition) is 6. The number of benzene rings is 1. The number of anilines is 1. The van der Waals surface area contributed by atoms with Gasteiger partial charge in [0.25, 0.3) is 10.0 Å². The van der Waals surface area contributed by atoms with E-state index in [0.29, 0.717) is 10.8 Å². The highest BCUT2D eigenvalue weighted by atomic mass is 32.2. The molecule has 108 valence electrons. The van der Waals surface area contributed by atoms with Crippen molar-refractivity contribution in [1.29, 1.82) is 10.5 Å². The molecule has 1 N–H and O–H groups in total. The maximum atomic E-state index is 12.0. The molecule has 0 spiro atoms. The second-order valence-corrected chi connectivity index (χ2v) is 6.92. The number of rotatable bonds is 5. The fraction of sp³-hybridized carbons (Fsp3) is 0. The lowest BCUT2D eigenvalue weighted by atomic mass is 10.3. The van der Waals surface area contributed by atoms with Crippen molar-refractivity contribution in [2.24, 2.45) is 0 Å². The average Bonchev–Trinajstić information content (AvgIpc) is 2.43. The first-order valence-corrected chi connectivity index (χ1v) is 8.41. The number of nitrogens with one attached hydrogen (secondary N) is 1. The molecule has 1 aromatic carbocycles. The van der Waals surface area contributed by atoms with Gasteiger partial charge in [0.1, 0.15) is 0 Å². The van der Waals surface area contributed by atoms with Crippen molar-refractivity contribution in [1.82, 2.24) is 0 Å². The number of nitrogens with zero attached hydrogens (tertiary/aromatic N) is 2. The minimum atomic E-state index is -4.01. The molecule has 0 aliphatic heterocycles. The van der Waals surface area contributed by atoms with Gasteiger partial charge in [-0.25, -0.2) is 16.8 Å². The summed E-state index contributed by atoms with van der Waals surface area (Å²) in [6.07, 6.45) is 1.52. The van der Waals surface area contributed by atoms with Crippen molar-refractivity contribution in [3.8, 4) is 12.1 Å². The van der Waals surface area contributed by atoms with E-state index < -0.39 is 19.9 Å². The zero-order valence-electron chi connectivity index (χ0n) is 10.5. The topological polar surface area (TPSA) is 128 Å². The monoisotopic (exact) mass is 323 g/mol. The van der Waals surface area contributed by atoms with Crippen LogP contribution in [0.4, 0.5) is 5.69 Å². The number of hydrogen-bond donors (Lipinski definition) is 1. The largest absolute Gasteiger partial charge is 0.279 e. The molecular weight excluding hydrogens is 314 g/mol. The van der Waals surface area contributed by atoms with E-state index >= 15 is 0 Å². The summed E-state index contributed by atoms with van der Waals surface area (Å²) in [7, 11) is -7.97. The van der Waals surface area contributed by atoms with Crippen LogP contribution in [-0.4, -0.2) is 16.8 Å². The van der Waals surface area contributed by atoms with Gasteiger partial charge in [0, 0.05) is 17.6 Å². The molecule has 0 aliphatic rings. The third-order valence-electron chi connectivity index (χ3n) is 2.09. The lowest BCUT2D eigenvalue weighted by Gasteiger charge is -2.09. The fourth-order valence-corrected chi connectivity index (χ4v) is 3.24. The van der Waals surface area contributed by atoms with Crippen molar-refractivity contribution < 1.29 is 16.8 Å². The molecule has 0 aromatic heterocycles. The highest BCUT2D eigenvalue weighted by Gasteiger charge is 2.18. The Morgan fingerprint density at radius 1 is 0.952 bits per heavy atom. The number of sulfone groups is 1. The second-order valence-electron chi connectivity index (χ2n) is 3.55. The molecule has 0 amide bonds. The molecule has 0 saturated carbocycles. The van der Waals surface area contributed by atoms with Crippen LogP contribution in [0.2, 0.25) is 0 Å². The molecule has 0 unspecified atom stereocenters. The molecule has 7 nitrogen and oxygen atoms in total. The zero-order chi connectivity index (χ0) is 15.9. The van der Waals surface area contributed by atoms with E-state index in [1.54, 1.807) is 6.07 Å². The normalized spacial score (nSPS) is 12.1. The van der Waals surface area contributed by atoms with E-state index in [9.17, 15) is 16.8 Å². The molecule has 1 rings (SSSR count). The number of para-hydroxylation sites is 1. The Balaban J connectivity index is 3.31. The number of sulfonamides is 1. The van der Waals surface area contributed by atoms with Gasteiger partial charge in [-0.1, -0.05) is 12.1 Å². The van der Waals surface area contributed by atoms with Gasteiger partial charge in [-0.05, 0) is 12.1 Å². The molecule has 0 fully saturated rings. The van der Waals surface area contributed by atoms with Crippen LogP contribution in [0.3, 0.4) is 0 Å². The molecule has 9 heteroatoms. The summed E-state index contributed by atoms with van der Waals surface area (Å²) in [6.45, 7) is 0. The first-order valence-electron chi connectivity index (χ1n) is 5.31. The van der Waals surface area contributed by atoms with Gasteiger partial charge in [-0.15, -0.1) is 0 Å². The predicted molar refractivity (Wildman–Crippen MR) is 75.7 cm³/mol. The Kier molecular flexibility index (Phi) is 5.24. The third kappa shape index (κ3) is 4.76. The van der Waals surface area contributed by atoms with E-state index in [2.05, 4.69) is 0 Å². The van der Waals surface area contributed by atoms with Gasteiger partial charge in [0.2, 0.25) is 9.84 Å². The summed E-state index contributed by atoms with van der Waals surface area (Å²) < 4.78 is 49.3. The van der Waals surface area contributed by atoms with Gasteiger partial charge in [0.15, 0.2) is 0 Å². The lowest BCUT2D eigenvalue weighted by molar-refractivity contribution is 0.605. The molecule has 1 aromatic rings. The van der Waals surface area contributed by atoms with Gasteiger partial charge < -0.3 is 0 Å². The maximum absolute atomic E-state index is 12.0. The van der Waals surface area contributed by atoms with Gasteiger partial charge >= 0.3 is 0 Å². The molecule has 0 saturated heterocycles. The molecule has 0 atom stereocenters. The first kappa shape index (κ1) is 16.4. The molecule has 0 aliphatic carbocycles. The lowest BCUT2D eigenvalue weighted by Crippen LogP contribution is -2.12. The zero-order valence-corrected chi connectivity index (χ0v) is 12.1. The van der Waals surface area contributed by atoms with Crippen molar-refractivity contribution >= 4 is 25.5 Å². The smallest absolute Gasteiger partial charge is 0.255 e. The van der Waals surface area contributed by atoms with Gasteiger partial charge in [0.05, 0.1) is 28.1 Å². The Morgan fingerprint density at radius 3 is 2.14 bits per heavy atom. The molecule has 21 heavy (non-hydrogen) atoms. The summed E-state index contributed by atoms with van der Waals surface area (Å²) in [5, 5.41) is 18.0. The quantitative estimate of drug-likeness (QED) is 0.813. The second kappa shape index (κ2) is 6.70. The maximum Gasteiger partial charge on any atom is 0.255 e. The summed E-state index contributed by atoms with van der Waals surface area (Å²) in [4.78, 5) is -0.301. The Morgan fingerprint density at radius 2 is 1.52 bits per heavy atom. The Bertz CT molecular complexity index is 870. The van der Waals surface area contributed by atoms with E-state index in [4.69, 9.17) is 10.5 Å². The van der Waals surface area contributed by atoms with E-state index in [1.807, 2.05) is 4.72 Å². The SMILES string of the molecule is N#C/C=C/S(=O)(=O)Nc1ccccc1S(=O)(=O)/C=C/C#N. The molecule has 0 heterocycles.